The van der Waals surface area contributed by atoms with Crippen LogP contribution in [0, 0.1) is 12.8 Å². The van der Waals surface area contributed by atoms with Gasteiger partial charge in [0.05, 0.1) is 5.52 Å². The molecular formula is C17H19N5. The molecule has 0 fully saturated rings. The van der Waals surface area contributed by atoms with Crippen LogP contribution in [0.25, 0.3) is 10.9 Å². The SMILES string of the molecule is Cc1cccc2c(NCC3CCc4nccn4C3)ncnc12. The Balaban J connectivity index is 1.52. The highest BCUT2D eigenvalue weighted by molar-refractivity contribution is 5.90. The van der Waals surface area contributed by atoms with Crippen molar-refractivity contribution in [1.29, 1.82) is 0 Å². The van der Waals surface area contributed by atoms with Crippen LogP contribution in [0.15, 0.2) is 36.9 Å². The molecule has 1 unspecified atom stereocenters. The van der Waals surface area contributed by atoms with Crippen molar-refractivity contribution in [3.05, 3.63) is 48.3 Å². The zero-order chi connectivity index (χ0) is 14.9. The maximum Gasteiger partial charge on any atom is 0.137 e. The van der Waals surface area contributed by atoms with Crippen molar-refractivity contribution in [1.82, 2.24) is 19.5 Å². The first-order valence-corrected chi connectivity index (χ1v) is 7.75. The van der Waals surface area contributed by atoms with E-state index < -0.39 is 0 Å². The zero-order valence-electron chi connectivity index (χ0n) is 12.7. The first-order chi connectivity index (χ1) is 10.8. The molecule has 5 nitrogen and oxygen atoms in total. The molecule has 0 saturated carbocycles. The van der Waals surface area contributed by atoms with Crippen LogP contribution in [-0.4, -0.2) is 26.1 Å². The summed E-state index contributed by atoms with van der Waals surface area (Å²) in [5.74, 6) is 2.75. The molecule has 3 heterocycles. The van der Waals surface area contributed by atoms with Crippen LogP contribution in [0.2, 0.25) is 0 Å². The molecule has 4 rings (SSSR count). The van der Waals surface area contributed by atoms with Gasteiger partial charge in [0.1, 0.15) is 18.0 Å². The van der Waals surface area contributed by atoms with Crippen molar-refractivity contribution in [2.45, 2.75) is 26.3 Å². The molecule has 0 radical (unpaired) electrons. The summed E-state index contributed by atoms with van der Waals surface area (Å²) in [6.45, 7) is 4.04. The number of hydrogen-bond donors (Lipinski definition) is 1. The largest absolute Gasteiger partial charge is 0.369 e. The third-order valence-electron chi connectivity index (χ3n) is 4.46. The second-order valence-electron chi connectivity index (χ2n) is 5.97. The van der Waals surface area contributed by atoms with E-state index in [1.165, 1.54) is 17.8 Å². The normalized spacial score (nSPS) is 17.4. The summed E-state index contributed by atoms with van der Waals surface area (Å²) in [7, 11) is 0. The highest BCUT2D eigenvalue weighted by Crippen LogP contribution is 2.23. The molecule has 22 heavy (non-hydrogen) atoms. The van der Waals surface area contributed by atoms with E-state index in [9.17, 15) is 0 Å². The van der Waals surface area contributed by atoms with Gasteiger partial charge in [-0.1, -0.05) is 12.1 Å². The fraction of sp³-hybridized carbons (Fsp3) is 0.353. The van der Waals surface area contributed by atoms with E-state index in [1.807, 2.05) is 6.20 Å². The predicted molar refractivity (Wildman–Crippen MR) is 86.8 cm³/mol. The van der Waals surface area contributed by atoms with Crippen LogP contribution in [-0.2, 0) is 13.0 Å². The van der Waals surface area contributed by atoms with Crippen LogP contribution in [0.4, 0.5) is 5.82 Å². The lowest BCUT2D eigenvalue weighted by Gasteiger charge is -2.24. The number of benzene rings is 1. The number of aromatic nitrogens is 4. The van der Waals surface area contributed by atoms with Gasteiger partial charge in [-0.3, -0.25) is 0 Å². The number of aryl methyl sites for hydroxylation is 2. The van der Waals surface area contributed by atoms with Gasteiger partial charge in [-0.2, -0.15) is 0 Å². The molecule has 1 atom stereocenters. The lowest BCUT2D eigenvalue weighted by Crippen LogP contribution is -2.26. The van der Waals surface area contributed by atoms with Crippen molar-refractivity contribution in [3.63, 3.8) is 0 Å². The van der Waals surface area contributed by atoms with Gasteiger partial charge in [-0.25, -0.2) is 15.0 Å². The smallest absolute Gasteiger partial charge is 0.137 e. The fourth-order valence-electron chi connectivity index (χ4n) is 3.22. The van der Waals surface area contributed by atoms with E-state index in [-0.39, 0.29) is 0 Å². The first kappa shape index (κ1) is 13.2. The minimum absolute atomic E-state index is 0.608. The first-order valence-electron chi connectivity index (χ1n) is 7.75. The monoisotopic (exact) mass is 293 g/mol. The van der Waals surface area contributed by atoms with Crippen molar-refractivity contribution in [3.8, 4) is 0 Å². The lowest BCUT2D eigenvalue weighted by molar-refractivity contribution is 0.381. The number of nitrogens with zero attached hydrogens (tertiary/aromatic N) is 4. The summed E-state index contributed by atoms with van der Waals surface area (Å²) in [5.41, 5.74) is 2.21. The Morgan fingerprint density at radius 2 is 2.23 bits per heavy atom. The van der Waals surface area contributed by atoms with Crippen LogP contribution in [0.5, 0.6) is 0 Å². The minimum atomic E-state index is 0.608. The van der Waals surface area contributed by atoms with Crippen LogP contribution < -0.4 is 5.32 Å². The zero-order valence-corrected chi connectivity index (χ0v) is 12.7. The lowest BCUT2D eigenvalue weighted by atomic mass is 9.99. The molecular weight excluding hydrogens is 274 g/mol. The minimum Gasteiger partial charge on any atom is -0.369 e. The van der Waals surface area contributed by atoms with Gasteiger partial charge < -0.3 is 9.88 Å². The molecule has 1 aliphatic rings. The Labute approximate surface area is 129 Å². The number of anilines is 1. The number of nitrogens with one attached hydrogen (secondary N) is 1. The molecule has 2 aromatic heterocycles. The second kappa shape index (κ2) is 5.40. The Morgan fingerprint density at radius 3 is 3.18 bits per heavy atom. The molecule has 5 heteroatoms. The maximum absolute atomic E-state index is 4.43. The predicted octanol–water partition coefficient (Wildman–Crippen LogP) is 2.81. The van der Waals surface area contributed by atoms with Gasteiger partial charge in [0.2, 0.25) is 0 Å². The summed E-state index contributed by atoms with van der Waals surface area (Å²) in [6, 6.07) is 6.23. The molecule has 0 amide bonds. The molecule has 1 aromatic carbocycles. The average Bonchev–Trinajstić information content (AvgIpc) is 3.01. The molecule has 0 aliphatic carbocycles. The maximum atomic E-state index is 4.43. The van der Waals surface area contributed by atoms with E-state index in [1.54, 1.807) is 6.33 Å². The van der Waals surface area contributed by atoms with E-state index in [0.717, 1.165) is 36.2 Å². The van der Waals surface area contributed by atoms with Crippen LogP contribution >= 0.6 is 0 Å². The molecule has 0 spiro atoms. The Morgan fingerprint density at radius 1 is 1.27 bits per heavy atom. The average molecular weight is 293 g/mol. The number of para-hydroxylation sites is 1. The summed E-state index contributed by atoms with van der Waals surface area (Å²) in [5, 5.41) is 4.62. The van der Waals surface area contributed by atoms with Crippen molar-refractivity contribution in [2.75, 3.05) is 11.9 Å². The van der Waals surface area contributed by atoms with E-state index in [2.05, 4.69) is 56.2 Å². The summed E-state index contributed by atoms with van der Waals surface area (Å²) < 4.78 is 2.26. The molecule has 0 bridgehead atoms. The van der Waals surface area contributed by atoms with Gasteiger partial charge in [-0.05, 0) is 30.9 Å². The summed E-state index contributed by atoms with van der Waals surface area (Å²) in [6.07, 6.45) is 7.85. The molecule has 1 N–H and O–H groups in total. The molecule has 0 saturated heterocycles. The topological polar surface area (TPSA) is 55.6 Å². The van der Waals surface area contributed by atoms with Crippen LogP contribution in [0.3, 0.4) is 0 Å². The third-order valence-corrected chi connectivity index (χ3v) is 4.46. The van der Waals surface area contributed by atoms with Gasteiger partial charge in [-0.15, -0.1) is 0 Å². The molecule has 1 aliphatic heterocycles. The number of hydrogen-bond acceptors (Lipinski definition) is 4. The number of imidazole rings is 1. The number of rotatable bonds is 3. The van der Waals surface area contributed by atoms with Crippen LogP contribution in [0.1, 0.15) is 17.8 Å². The quantitative estimate of drug-likeness (QED) is 0.807. The van der Waals surface area contributed by atoms with E-state index in [4.69, 9.17) is 0 Å². The Bertz CT molecular complexity index is 808. The van der Waals surface area contributed by atoms with Gasteiger partial charge in [0, 0.05) is 37.3 Å². The van der Waals surface area contributed by atoms with Crippen molar-refractivity contribution >= 4 is 16.7 Å². The highest BCUT2D eigenvalue weighted by atomic mass is 15.1. The molecule has 112 valence electrons. The second-order valence-corrected chi connectivity index (χ2v) is 5.97. The Kier molecular flexibility index (Phi) is 3.25. The fourth-order valence-corrected chi connectivity index (χ4v) is 3.22. The van der Waals surface area contributed by atoms with E-state index >= 15 is 0 Å². The summed E-state index contributed by atoms with van der Waals surface area (Å²) >= 11 is 0. The molecule has 3 aromatic rings. The van der Waals surface area contributed by atoms with E-state index in [0.29, 0.717) is 5.92 Å². The van der Waals surface area contributed by atoms with Gasteiger partial charge >= 0.3 is 0 Å². The Hall–Kier alpha value is -2.43. The third kappa shape index (κ3) is 2.32. The standard InChI is InChI=1S/C17H19N5/c1-12-3-2-4-14-16(12)20-11-21-17(14)19-9-13-5-6-15-18-7-8-22(15)10-13/h2-4,7-8,11,13H,5-6,9-10H2,1H3,(H,19,20,21). The van der Waals surface area contributed by atoms with Gasteiger partial charge in [0.15, 0.2) is 0 Å². The highest BCUT2D eigenvalue weighted by Gasteiger charge is 2.18. The number of fused-ring (bicyclic) bond motifs is 2. The van der Waals surface area contributed by atoms with Crippen molar-refractivity contribution < 1.29 is 0 Å². The van der Waals surface area contributed by atoms with Crippen molar-refractivity contribution in [2.24, 2.45) is 5.92 Å². The van der Waals surface area contributed by atoms with Gasteiger partial charge in [0.25, 0.3) is 0 Å². The summed E-state index contributed by atoms with van der Waals surface area (Å²) in [4.78, 5) is 13.2.